The molecule has 8 unspecified atom stereocenters. The molecule has 0 aromatic heterocycles. The van der Waals surface area contributed by atoms with Crippen LogP contribution in [0.5, 0.6) is 0 Å². The molecule has 4 aliphatic carbocycles. The van der Waals surface area contributed by atoms with Gasteiger partial charge in [-0.3, -0.25) is 9.59 Å². The van der Waals surface area contributed by atoms with Gasteiger partial charge in [0.15, 0.2) is 0 Å². The summed E-state index contributed by atoms with van der Waals surface area (Å²) < 4.78 is 9.84. The van der Waals surface area contributed by atoms with Gasteiger partial charge < -0.3 is 9.47 Å². The Morgan fingerprint density at radius 3 is 1.38 bits per heavy atom. The van der Waals surface area contributed by atoms with Crippen LogP contribution in [0.2, 0.25) is 0 Å². The fourth-order valence-electron chi connectivity index (χ4n) is 8.12. The maximum absolute atomic E-state index is 11.6. The zero-order valence-corrected chi connectivity index (χ0v) is 33.8. The highest BCUT2D eigenvalue weighted by atomic mass is 16.5. The molecule has 0 radical (unpaired) electrons. The van der Waals surface area contributed by atoms with Crippen molar-refractivity contribution in [1.82, 2.24) is 0 Å². The molecule has 0 aromatic rings. The second-order valence-electron chi connectivity index (χ2n) is 15.8. The van der Waals surface area contributed by atoms with Gasteiger partial charge in [-0.15, -0.1) is 47.4 Å². The third-order valence-corrected chi connectivity index (χ3v) is 10.9. The van der Waals surface area contributed by atoms with Crippen LogP contribution in [-0.4, -0.2) is 25.7 Å². The summed E-state index contributed by atoms with van der Waals surface area (Å²) in [5, 5.41) is 0. The molecule has 4 aliphatic rings. The Bertz CT molecular complexity index is 1250. The molecule has 0 bridgehead atoms. The van der Waals surface area contributed by atoms with Crippen molar-refractivity contribution in [2.45, 2.75) is 171 Å². The van der Waals surface area contributed by atoms with Crippen molar-refractivity contribution in [3.05, 3.63) is 0 Å². The van der Waals surface area contributed by atoms with Gasteiger partial charge in [0.25, 0.3) is 0 Å². The lowest BCUT2D eigenvalue weighted by Gasteiger charge is -2.20. The molecule has 0 amide bonds. The van der Waals surface area contributed by atoms with Crippen LogP contribution in [0.3, 0.4) is 0 Å². The molecule has 280 valence electrons. The van der Waals surface area contributed by atoms with E-state index in [4.69, 9.17) is 9.47 Å². The summed E-state index contributed by atoms with van der Waals surface area (Å²) in [6, 6.07) is 0. The minimum absolute atomic E-state index is 0.0552. The molecule has 0 aliphatic heterocycles. The predicted molar refractivity (Wildman–Crippen MR) is 209 cm³/mol. The zero-order valence-electron chi connectivity index (χ0n) is 33.8. The van der Waals surface area contributed by atoms with Crippen molar-refractivity contribution in [3.8, 4) is 47.4 Å². The summed E-state index contributed by atoms with van der Waals surface area (Å²) in [5.41, 5.74) is -0.576. The summed E-state index contributed by atoms with van der Waals surface area (Å²) in [6.45, 7) is 18.6. The smallest absolute Gasteiger partial charge is 0.311 e. The number of ether oxygens (including phenoxy) is 2. The van der Waals surface area contributed by atoms with Crippen LogP contribution in [-0.2, 0) is 19.1 Å². The van der Waals surface area contributed by atoms with E-state index in [1.165, 1.54) is 77.7 Å². The number of esters is 2. The molecule has 4 saturated carbocycles. The van der Waals surface area contributed by atoms with Gasteiger partial charge in [-0.2, -0.15) is 0 Å². The summed E-state index contributed by atoms with van der Waals surface area (Å²) in [7, 11) is 1.45. The zero-order chi connectivity index (χ0) is 37.4. The van der Waals surface area contributed by atoms with Gasteiger partial charge in [-0.25, -0.2) is 0 Å². The van der Waals surface area contributed by atoms with Crippen molar-refractivity contribution in [2.24, 2.45) is 46.3 Å². The van der Waals surface area contributed by atoms with Gasteiger partial charge in [0, 0.05) is 23.7 Å². The highest BCUT2D eigenvalue weighted by Gasteiger charge is 2.42. The van der Waals surface area contributed by atoms with Crippen LogP contribution in [0.25, 0.3) is 0 Å². The molecule has 0 aromatic carbocycles. The Labute approximate surface area is 309 Å². The molecule has 0 heterocycles. The number of hydrogen-bond acceptors (Lipinski definition) is 4. The maximum atomic E-state index is 11.6. The third kappa shape index (κ3) is 17.4. The monoisotopic (exact) mass is 689 g/mol. The van der Waals surface area contributed by atoms with Crippen molar-refractivity contribution in [1.29, 1.82) is 0 Å². The van der Waals surface area contributed by atoms with Crippen LogP contribution in [0.4, 0.5) is 0 Å². The molecule has 0 spiro atoms. The molecule has 8 atom stereocenters. The number of rotatable bonds is 3. The second kappa shape index (κ2) is 25.2. The van der Waals surface area contributed by atoms with E-state index >= 15 is 0 Å². The lowest BCUT2D eigenvalue weighted by molar-refractivity contribution is -0.154. The van der Waals surface area contributed by atoms with E-state index in [1.807, 2.05) is 48.5 Å². The lowest BCUT2D eigenvalue weighted by Crippen LogP contribution is -2.27. The van der Waals surface area contributed by atoms with E-state index in [0.29, 0.717) is 30.3 Å². The fourth-order valence-corrected chi connectivity index (χ4v) is 8.12. The molecule has 50 heavy (non-hydrogen) atoms. The van der Waals surface area contributed by atoms with Crippen LogP contribution in [0, 0.1) is 93.7 Å². The topological polar surface area (TPSA) is 52.6 Å². The van der Waals surface area contributed by atoms with Gasteiger partial charge in [-0.1, -0.05) is 58.8 Å². The molecule has 0 saturated heterocycles. The van der Waals surface area contributed by atoms with Crippen molar-refractivity contribution >= 4 is 11.9 Å². The van der Waals surface area contributed by atoms with Crippen molar-refractivity contribution < 1.29 is 19.1 Å². The van der Waals surface area contributed by atoms with E-state index in [-0.39, 0.29) is 22.8 Å². The first-order valence-electron chi connectivity index (χ1n) is 19.8. The minimum Gasteiger partial charge on any atom is -0.469 e. The first-order chi connectivity index (χ1) is 23.9. The fraction of sp³-hybridized carbons (Fsp3) is 0.783. The molecule has 4 fully saturated rings. The standard InChI is InChI=1S/C12H18O2.C12H20.C11H16O2.C11H18/c1-4-6-10-7-8-12(3,9-10)11(13)14-5-2;1-3-7-12-9-6-4-5-8-11(2)10-12;1-4-5-9-6-7-11(2,8-9)10(12)13-3;1-3-6-11-8-5-4-7-10(2)9-11/h10H,5,7-9H2,1-3H3;11-12H,4-6,8-10H2,1-2H3;9H,6-8H2,1-3H3;10-11H,4-5,7-9H2,1-2H3. The van der Waals surface area contributed by atoms with E-state index < -0.39 is 0 Å². The van der Waals surface area contributed by atoms with Gasteiger partial charge >= 0.3 is 11.9 Å². The Morgan fingerprint density at radius 1 is 0.580 bits per heavy atom. The minimum atomic E-state index is -0.288. The molecule has 4 nitrogen and oxygen atoms in total. The summed E-state index contributed by atoms with van der Waals surface area (Å²) in [6.07, 6.45) is 20.8. The highest BCUT2D eigenvalue weighted by Crippen LogP contribution is 2.43. The normalized spacial score (nSPS) is 31.4. The van der Waals surface area contributed by atoms with Crippen LogP contribution < -0.4 is 0 Å². The first kappa shape index (κ1) is 45.2. The van der Waals surface area contributed by atoms with Crippen LogP contribution in [0.1, 0.15) is 171 Å². The largest absolute Gasteiger partial charge is 0.469 e. The highest BCUT2D eigenvalue weighted by molar-refractivity contribution is 5.77. The lowest BCUT2D eigenvalue weighted by atomic mass is 9.85. The van der Waals surface area contributed by atoms with Crippen molar-refractivity contribution in [2.75, 3.05) is 13.7 Å². The summed E-state index contributed by atoms with van der Waals surface area (Å²) >= 11 is 0. The van der Waals surface area contributed by atoms with E-state index in [1.54, 1.807) is 0 Å². The quantitative estimate of drug-likeness (QED) is 0.168. The maximum Gasteiger partial charge on any atom is 0.311 e. The van der Waals surface area contributed by atoms with E-state index in [9.17, 15) is 9.59 Å². The summed E-state index contributed by atoms with van der Waals surface area (Å²) in [4.78, 5) is 23.1. The van der Waals surface area contributed by atoms with Gasteiger partial charge in [0.1, 0.15) is 0 Å². The summed E-state index contributed by atoms with van der Waals surface area (Å²) in [5.74, 6) is 28.6. The Kier molecular flexibility index (Phi) is 22.8. The number of hydrogen-bond donors (Lipinski definition) is 0. The SMILES string of the molecule is CC#CC1CCC(C)(C(=O)OC)C1.CC#CC1CCC(C)(C(=O)OCC)C1.CC#CC1CCCCC(C)C1.CC#CC1CCCCCC(C)C1. The molecule has 4 heteroatoms. The van der Waals surface area contributed by atoms with Gasteiger partial charge in [0.2, 0.25) is 0 Å². The number of carbonyl (C=O) groups excluding carboxylic acids is 2. The molecular formula is C46H72O4. The molecule has 4 rings (SSSR count). The van der Waals surface area contributed by atoms with Crippen LogP contribution in [0.15, 0.2) is 0 Å². The van der Waals surface area contributed by atoms with Crippen molar-refractivity contribution in [3.63, 3.8) is 0 Å². The van der Waals surface area contributed by atoms with E-state index in [0.717, 1.165) is 50.4 Å². The van der Waals surface area contributed by atoms with Gasteiger partial charge in [-0.05, 0) is 125 Å². The van der Waals surface area contributed by atoms with Gasteiger partial charge in [0.05, 0.1) is 24.5 Å². The Hall–Kier alpha value is -2.82. The number of carbonyl (C=O) groups is 2. The molecule has 0 N–H and O–H groups in total. The second-order valence-corrected chi connectivity index (χ2v) is 15.8. The average Bonchev–Trinajstić information content (AvgIpc) is 3.58. The Morgan fingerprint density at radius 2 is 0.960 bits per heavy atom. The number of methoxy groups -OCH3 is 1. The predicted octanol–water partition coefficient (Wildman–Crippen LogP) is 11.2. The molecular weight excluding hydrogens is 617 g/mol. The van der Waals surface area contributed by atoms with Crippen LogP contribution >= 0.6 is 0 Å². The average molecular weight is 689 g/mol. The first-order valence-corrected chi connectivity index (χ1v) is 19.8. The van der Waals surface area contributed by atoms with E-state index in [2.05, 4.69) is 61.2 Å². The Balaban J connectivity index is 0.000000335. The third-order valence-electron chi connectivity index (χ3n) is 10.9.